The number of aryl methyl sites for hydroxylation is 1. The maximum atomic E-state index is 9.01. The molecule has 1 atom stereocenters. The number of nitriles is 1. The molecule has 1 N–H and O–H groups in total. The summed E-state index contributed by atoms with van der Waals surface area (Å²) in [6.07, 6.45) is 3.10. The standard InChI is InChI=1S/C22H23N5S/c1-26-11-10-22(24-26)19-7-5-17(6-8-19)15-27-12-9-20(16-27)25-28-21-4-2-3-18(13-21)14-23/h2-8,10-11,13,20,25H,9,12,15-16H2,1H3. The van der Waals surface area contributed by atoms with Crippen molar-refractivity contribution in [1.82, 2.24) is 19.4 Å². The molecule has 28 heavy (non-hydrogen) atoms. The van der Waals surface area contributed by atoms with Crippen LogP contribution < -0.4 is 4.72 Å². The number of likely N-dealkylation sites (tertiary alicyclic amines) is 1. The molecule has 0 bridgehead atoms. The fraction of sp³-hybridized carbons (Fsp3) is 0.273. The molecule has 0 radical (unpaired) electrons. The largest absolute Gasteiger partial charge is 0.297 e. The molecule has 142 valence electrons. The first-order valence-electron chi connectivity index (χ1n) is 9.43. The summed E-state index contributed by atoms with van der Waals surface area (Å²) in [6.45, 7) is 3.10. The van der Waals surface area contributed by atoms with Gasteiger partial charge in [-0.25, -0.2) is 0 Å². The van der Waals surface area contributed by atoms with Crippen LogP contribution in [0.2, 0.25) is 0 Å². The molecule has 5 nitrogen and oxygen atoms in total. The van der Waals surface area contributed by atoms with E-state index >= 15 is 0 Å². The fourth-order valence-electron chi connectivity index (χ4n) is 3.46. The molecule has 0 saturated carbocycles. The molecule has 1 unspecified atom stereocenters. The zero-order valence-electron chi connectivity index (χ0n) is 15.9. The van der Waals surface area contributed by atoms with Crippen molar-refractivity contribution in [3.8, 4) is 17.3 Å². The summed E-state index contributed by atoms with van der Waals surface area (Å²) in [5, 5.41) is 13.5. The van der Waals surface area contributed by atoms with Gasteiger partial charge in [-0.1, -0.05) is 30.3 Å². The van der Waals surface area contributed by atoms with Crippen LogP contribution in [-0.2, 0) is 13.6 Å². The Morgan fingerprint density at radius 3 is 2.82 bits per heavy atom. The molecule has 0 spiro atoms. The number of nitrogens with one attached hydrogen (secondary N) is 1. The SMILES string of the molecule is Cn1ccc(-c2ccc(CN3CCC(NSc4cccc(C#N)c4)C3)cc2)n1. The minimum Gasteiger partial charge on any atom is -0.297 e. The second-order valence-electron chi connectivity index (χ2n) is 7.15. The highest BCUT2D eigenvalue weighted by atomic mass is 32.2. The van der Waals surface area contributed by atoms with Crippen molar-refractivity contribution in [2.45, 2.75) is 23.9 Å². The first-order valence-corrected chi connectivity index (χ1v) is 10.2. The maximum absolute atomic E-state index is 9.01. The smallest absolute Gasteiger partial charge is 0.0992 e. The summed E-state index contributed by atoms with van der Waals surface area (Å²) in [4.78, 5) is 3.57. The van der Waals surface area contributed by atoms with Crippen LogP contribution >= 0.6 is 11.9 Å². The van der Waals surface area contributed by atoms with E-state index in [4.69, 9.17) is 5.26 Å². The molecule has 3 aromatic rings. The van der Waals surface area contributed by atoms with E-state index < -0.39 is 0 Å². The van der Waals surface area contributed by atoms with Gasteiger partial charge in [0.15, 0.2) is 0 Å². The van der Waals surface area contributed by atoms with Crippen LogP contribution in [0.3, 0.4) is 0 Å². The highest BCUT2D eigenvalue weighted by molar-refractivity contribution is 7.97. The van der Waals surface area contributed by atoms with Crippen molar-refractivity contribution >= 4 is 11.9 Å². The van der Waals surface area contributed by atoms with E-state index in [1.807, 2.05) is 48.3 Å². The Hall–Kier alpha value is -2.59. The minimum atomic E-state index is 0.462. The zero-order valence-corrected chi connectivity index (χ0v) is 16.7. The van der Waals surface area contributed by atoms with Crippen molar-refractivity contribution in [2.24, 2.45) is 7.05 Å². The Labute approximate surface area is 170 Å². The third-order valence-electron chi connectivity index (χ3n) is 4.95. The highest BCUT2D eigenvalue weighted by Gasteiger charge is 2.22. The van der Waals surface area contributed by atoms with E-state index in [0.717, 1.165) is 42.2 Å². The van der Waals surface area contributed by atoms with E-state index in [9.17, 15) is 0 Å². The lowest BCUT2D eigenvalue weighted by atomic mass is 10.1. The topological polar surface area (TPSA) is 56.9 Å². The molecule has 2 aromatic carbocycles. The van der Waals surface area contributed by atoms with Gasteiger partial charge in [-0.3, -0.25) is 14.3 Å². The second-order valence-corrected chi connectivity index (χ2v) is 8.06. The van der Waals surface area contributed by atoms with Crippen LogP contribution in [-0.4, -0.2) is 33.8 Å². The van der Waals surface area contributed by atoms with Crippen molar-refractivity contribution in [2.75, 3.05) is 13.1 Å². The predicted octanol–water partition coefficient (Wildman–Crippen LogP) is 3.83. The first-order chi connectivity index (χ1) is 13.7. The molecule has 1 saturated heterocycles. The van der Waals surface area contributed by atoms with E-state index in [1.165, 1.54) is 5.56 Å². The molecule has 0 aliphatic carbocycles. The Kier molecular flexibility index (Phi) is 5.77. The van der Waals surface area contributed by atoms with E-state index in [1.54, 1.807) is 11.9 Å². The molecule has 4 rings (SSSR count). The summed E-state index contributed by atoms with van der Waals surface area (Å²) in [5.74, 6) is 0. The summed E-state index contributed by atoms with van der Waals surface area (Å²) < 4.78 is 5.38. The lowest BCUT2D eigenvalue weighted by molar-refractivity contribution is 0.325. The second kappa shape index (κ2) is 8.61. The van der Waals surface area contributed by atoms with E-state index in [-0.39, 0.29) is 0 Å². The van der Waals surface area contributed by atoms with Crippen LogP contribution in [0, 0.1) is 11.3 Å². The molecule has 0 amide bonds. The Morgan fingerprint density at radius 1 is 1.21 bits per heavy atom. The molecule has 2 heterocycles. The van der Waals surface area contributed by atoms with Crippen molar-refractivity contribution in [3.63, 3.8) is 0 Å². The van der Waals surface area contributed by atoms with Crippen molar-refractivity contribution in [3.05, 3.63) is 71.9 Å². The number of rotatable bonds is 6. The summed E-state index contributed by atoms with van der Waals surface area (Å²) >= 11 is 1.62. The lowest BCUT2D eigenvalue weighted by Gasteiger charge is -2.16. The average molecular weight is 390 g/mol. The highest BCUT2D eigenvalue weighted by Crippen LogP contribution is 2.22. The van der Waals surface area contributed by atoms with Gasteiger partial charge in [-0.05, 0) is 48.2 Å². The first kappa shape index (κ1) is 18.8. The normalized spacial score (nSPS) is 16.9. The van der Waals surface area contributed by atoms with Crippen LogP contribution in [0.1, 0.15) is 17.5 Å². The quantitative estimate of drug-likeness (QED) is 0.650. The summed E-state index contributed by atoms with van der Waals surface area (Å²) in [6, 6.07) is 21.1. The predicted molar refractivity (Wildman–Crippen MR) is 112 cm³/mol. The van der Waals surface area contributed by atoms with Gasteiger partial charge >= 0.3 is 0 Å². The van der Waals surface area contributed by atoms with Crippen LogP contribution in [0.5, 0.6) is 0 Å². The molecule has 1 aromatic heterocycles. The van der Waals surface area contributed by atoms with Gasteiger partial charge in [0.25, 0.3) is 0 Å². The van der Waals surface area contributed by atoms with Crippen LogP contribution in [0.4, 0.5) is 0 Å². The number of hydrogen-bond acceptors (Lipinski definition) is 5. The van der Waals surface area contributed by atoms with Crippen LogP contribution in [0.25, 0.3) is 11.3 Å². The Bertz CT molecular complexity index is 973. The third kappa shape index (κ3) is 4.63. The maximum Gasteiger partial charge on any atom is 0.0992 e. The van der Waals surface area contributed by atoms with Gasteiger partial charge in [-0.15, -0.1) is 0 Å². The van der Waals surface area contributed by atoms with Gasteiger partial charge in [0, 0.05) is 49.4 Å². The molecule has 6 heteroatoms. The van der Waals surface area contributed by atoms with Gasteiger partial charge in [0.2, 0.25) is 0 Å². The molecular weight excluding hydrogens is 366 g/mol. The molecular formula is C22H23N5S. The molecule has 1 aliphatic heterocycles. The zero-order chi connectivity index (χ0) is 19.3. The molecule has 1 aliphatic rings. The van der Waals surface area contributed by atoms with Crippen LogP contribution in [0.15, 0.2) is 65.7 Å². The monoisotopic (exact) mass is 389 g/mol. The molecule has 1 fully saturated rings. The number of benzene rings is 2. The summed E-state index contributed by atoms with van der Waals surface area (Å²) in [5.41, 5.74) is 4.20. The van der Waals surface area contributed by atoms with E-state index in [2.05, 4.69) is 45.1 Å². The number of aromatic nitrogens is 2. The van der Waals surface area contributed by atoms with Gasteiger partial charge in [0.1, 0.15) is 0 Å². The van der Waals surface area contributed by atoms with Crippen molar-refractivity contribution in [1.29, 1.82) is 5.26 Å². The fourth-order valence-corrected chi connectivity index (χ4v) is 4.29. The van der Waals surface area contributed by atoms with Gasteiger partial charge in [0.05, 0.1) is 17.3 Å². The Balaban J connectivity index is 1.28. The average Bonchev–Trinajstić information content (AvgIpc) is 3.36. The van der Waals surface area contributed by atoms with Crippen molar-refractivity contribution < 1.29 is 0 Å². The number of hydrogen-bond donors (Lipinski definition) is 1. The Morgan fingerprint density at radius 2 is 2.07 bits per heavy atom. The van der Waals surface area contributed by atoms with Gasteiger partial charge < -0.3 is 0 Å². The summed E-state index contributed by atoms with van der Waals surface area (Å²) in [7, 11) is 1.94. The third-order valence-corrected chi connectivity index (χ3v) is 5.89. The minimum absolute atomic E-state index is 0.462. The van der Waals surface area contributed by atoms with E-state index in [0.29, 0.717) is 11.6 Å². The lowest BCUT2D eigenvalue weighted by Crippen LogP contribution is -2.28. The number of nitrogens with zero attached hydrogens (tertiary/aromatic N) is 4. The van der Waals surface area contributed by atoms with Gasteiger partial charge in [-0.2, -0.15) is 10.4 Å².